The van der Waals surface area contributed by atoms with Gasteiger partial charge >= 0.3 is 5.97 Å². The fourth-order valence-corrected chi connectivity index (χ4v) is 2.28. The van der Waals surface area contributed by atoms with Crippen LogP contribution in [0.25, 0.3) is 5.76 Å². The lowest BCUT2D eigenvalue weighted by atomic mass is 10.1. The third kappa shape index (κ3) is 3.11. The summed E-state index contributed by atoms with van der Waals surface area (Å²) in [6, 6.07) is 16.9. The van der Waals surface area contributed by atoms with Gasteiger partial charge in [0, 0.05) is 5.56 Å². The van der Waals surface area contributed by atoms with Gasteiger partial charge < -0.3 is 14.2 Å². The topological polar surface area (TPSA) is 44.8 Å². The molecule has 0 fully saturated rings. The molecule has 1 heterocycles. The highest BCUT2D eigenvalue weighted by atomic mass is 16.6. The van der Waals surface area contributed by atoms with E-state index in [1.807, 2.05) is 54.6 Å². The molecule has 0 spiro atoms. The summed E-state index contributed by atoms with van der Waals surface area (Å²) in [6.07, 6.45) is 0.978. The molecule has 1 aliphatic heterocycles. The van der Waals surface area contributed by atoms with Crippen molar-refractivity contribution in [2.24, 2.45) is 0 Å². The lowest BCUT2D eigenvalue weighted by Gasteiger charge is -2.15. The van der Waals surface area contributed by atoms with Crippen LogP contribution in [0.5, 0.6) is 5.75 Å². The summed E-state index contributed by atoms with van der Waals surface area (Å²) in [7, 11) is 1.61. The molecular formula is C18H16O4. The van der Waals surface area contributed by atoms with Crippen molar-refractivity contribution >= 4 is 11.7 Å². The highest BCUT2D eigenvalue weighted by Crippen LogP contribution is 2.27. The van der Waals surface area contributed by atoms with E-state index in [-0.39, 0.29) is 6.61 Å². The Morgan fingerprint density at radius 3 is 2.45 bits per heavy atom. The summed E-state index contributed by atoms with van der Waals surface area (Å²) in [5.41, 5.74) is 1.73. The van der Waals surface area contributed by atoms with Crippen molar-refractivity contribution in [3.63, 3.8) is 0 Å². The molecule has 0 saturated carbocycles. The number of carbonyl (C=O) groups excluding carboxylic acids is 1. The SMILES string of the molecule is COc1ccc(C2=CC(=O)OC(c3ccccc3)CO2)cc1. The van der Waals surface area contributed by atoms with Gasteiger partial charge in [-0.05, 0) is 29.8 Å². The molecule has 0 radical (unpaired) electrons. The minimum absolute atomic E-state index is 0.285. The fourth-order valence-electron chi connectivity index (χ4n) is 2.28. The first-order valence-corrected chi connectivity index (χ1v) is 7.01. The number of hydrogen-bond donors (Lipinski definition) is 0. The molecule has 0 aromatic heterocycles. The van der Waals surface area contributed by atoms with Crippen molar-refractivity contribution in [2.75, 3.05) is 13.7 Å². The maximum Gasteiger partial charge on any atom is 0.335 e. The molecule has 4 heteroatoms. The minimum atomic E-state index is -0.405. The van der Waals surface area contributed by atoms with Crippen LogP contribution in [0.1, 0.15) is 17.2 Å². The summed E-state index contributed by atoms with van der Waals surface area (Å²) in [5, 5.41) is 0. The van der Waals surface area contributed by atoms with E-state index in [2.05, 4.69) is 0 Å². The van der Waals surface area contributed by atoms with E-state index >= 15 is 0 Å². The standard InChI is InChI=1S/C18H16O4/c1-20-15-9-7-14(8-10-15)16-11-18(19)22-17(12-21-16)13-5-3-2-4-6-13/h2-11,17H,12H2,1H3. The zero-order valence-electron chi connectivity index (χ0n) is 12.2. The summed E-state index contributed by atoms with van der Waals surface area (Å²) < 4.78 is 16.3. The number of benzene rings is 2. The van der Waals surface area contributed by atoms with Crippen LogP contribution in [-0.4, -0.2) is 19.7 Å². The molecule has 4 nitrogen and oxygen atoms in total. The lowest BCUT2D eigenvalue weighted by molar-refractivity contribution is -0.144. The van der Waals surface area contributed by atoms with Crippen molar-refractivity contribution in [3.8, 4) is 5.75 Å². The molecule has 0 saturated heterocycles. The normalized spacial score (nSPS) is 17.8. The Bertz CT molecular complexity index is 674. The number of cyclic esters (lactones) is 1. The molecule has 2 aromatic rings. The smallest absolute Gasteiger partial charge is 0.335 e. The Hall–Kier alpha value is -2.75. The van der Waals surface area contributed by atoms with Gasteiger partial charge in [0.2, 0.25) is 0 Å². The molecule has 1 aliphatic rings. The van der Waals surface area contributed by atoms with Crippen molar-refractivity contribution in [2.45, 2.75) is 6.10 Å². The molecule has 112 valence electrons. The van der Waals surface area contributed by atoms with Gasteiger partial charge in [-0.3, -0.25) is 0 Å². The predicted octanol–water partition coefficient (Wildman–Crippen LogP) is 3.35. The van der Waals surface area contributed by atoms with Crippen LogP contribution in [-0.2, 0) is 14.3 Å². The van der Waals surface area contributed by atoms with E-state index in [9.17, 15) is 4.79 Å². The second kappa shape index (κ2) is 6.35. The molecule has 0 amide bonds. The quantitative estimate of drug-likeness (QED) is 0.815. The molecule has 1 unspecified atom stereocenters. The third-order valence-corrected chi connectivity index (χ3v) is 3.44. The van der Waals surface area contributed by atoms with Gasteiger partial charge in [0.05, 0.1) is 13.2 Å². The Morgan fingerprint density at radius 2 is 1.77 bits per heavy atom. The number of hydrogen-bond acceptors (Lipinski definition) is 4. The number of carbonyl (C=O) groups is 1. The molecule has 22 heavy (non-hydrogen) atoms. The van der Waals surface area contributed by atoms with Crippen molar-refractivity contribution in [1.82, 2.24) is 0 Å². The van der Waals surface area contributed by atoms with Gasteiger partial charge in [0.25, 0.3) is 0 Å². The number of rotatable bonds is 3. The summed E-state index contributed by atoms with van der Waals surface area (Å²) in [5.74, 6) is 0.853. The van der Waals surface area contributed by atoms with Crippen LogP contribution in [0.15, 0.2) is 60.7 Å². The van der Waals surface area contributed by atoms with Crippen LogP contribution in [0.2, 0.25) is 0 Å². The molecule has 3 rings (SSSR count). The Morgan fingerprint density at radius 1 is 1.05 bits per heavy atom. The van der Waals surface area contributed by atoms with E-state index in [0.717, 1.165) is 16.9 Å². The zero-order valence-corrected chi connectivity index (χ0v) is 12.2. The van der Waals surface area contributed by atoms with Crippen molar-refractivity contribution in [1.29, 1.82) is 0 Å². The van der Waals surface area contributed by atoms with E-state index in [1.54, 1.807) is 7.11 Å². The van der Waals surface area contributed by atoms with Gasteiger partial charge in [-0.25, -0.2) is 4.79 Å². The second-order valence-electron chi connectivity index (χ2n) is 4.88. The molecule has 0 N–H and O–H groups in total. The summed E-state index contributed by atoms with van der Waals surface area (Å²) >= 11 is 0. The molecule has 0 bridgehead atoms. The van der Waals surface area contributed by atoms with Crippen molar-refractivity contribution < 1.29 is 19.0 Å². The third-order valence-electron chi connectivity index (χ3n) is 3.44. The molecule has 1 atom stereocenters. The minimum Gasteiger partial charge on any atom is -0.497 e. The van der Waals surface area contributed by atoms with Crippen LogP contribution >= 0.6 is 0 Å². The highest BCUT2D eigenvalue weighted by molar-refractivity contribution is 5.90. The average Bonchev–Trinajstić information content (AvgIpc) is 2.77. The Balaban J connectivity index is 1.79. The molecule has 0 aliphatic carbocycles. The molecular weight excluding hydrogens is 280 g/mol. The fraction of sp³-hybridized carbons (Fsp3) is 0.167. The maximum absolute atomic E-state index is 12.0. The van der Waals surface area contributed by atoms with E-state index in [1.165, 1.54) is 6.08 Å². The van der Waals surface area contributed by atoms with E-state index in [4.69, 9.17) is 14.2 Å². The zero-order chi connectivity index (χ0) is 15.4. The van der Waals surface area contributed by atoms with Crippen molar-refractivity contribution in [3.05, 3.63) is 71.8 Å². The van der Waals surface area contributed by atoms with Gasteiger partial charge in [0.15, 0.2) is 6.10 Å². The average molecular weight is 296 g/mol. The number of methoxy groups -OCH3 is 1. The first-order valence-electron chi connectivity index (χ1n) is 7.01. The predicted molar refractivity (Wildman–Crippen MR) is 82.2 cm³/mol. The Kier molecular flexibility index (Phi) is 4.10. The van der Waals surface area contributed by atoms with Gasteiger partial charge in [0.1, 0.15) is 18.1 Å². The van der Waals surface area contributed by atoms with Crippen LogP contribution < -0.4 is 4.74 Å². The first-order chi connectivity index (χ1) is 10.8. The number of esters is 1. The monoisotopic (exact) mass is 296 g/mol. The summed E-state index contributed by atoms with van der Waals surface area (Å²) in [6.45, 7) is 0.285. The van der Waals surface area contributed by atoms with Gasteiger partial charge in [-0.1, -0.05) is 30.3 Å². The van der Waals surface area contributed by atoms with Crippen LogP contribution in [0.4, 0.5) is 0 Å². The largest absolute Gasteiger partial charge is 0.497 e. The molecule has 2 aromatic carbocycles. The second-order valence-corrected chi connectivity index (χ2v) is 4.88. The van der Waals surface area contributed by atoms with E-state index in [0.29, 0.717) is 5.76 Å². The van der Waals surface area contributed by atoms with Gasteiger partial charge in [-0.2, -0.15) is 0 Å². The Labute approximate surface area is 128 Å². The maximum atomic E-state index is 12.0. The van der Waals surface area contributed by atoms with Crippen LogP contribution in [0, 0.1) is 0 Å². The van der Waals surface area contributed by atoms with E-state index < -0.39 is 12.1 Å². The van der Waals surface area contributed by atoms with Gasteiger partial charge in [-0.15, -0.1) is 0 Å². The van der Waals surface area contributed by atoms with Crippen LogP contribution in [0.3, 0.4) is 0 Å². The summed E-state index contributed by atoms with van der Waals surface area (Å²) in [4.78, 5) is 12.0. The highest BCUT2D eigenvalue weighted by Gasteiger charge is 2.22. The number of ether oxygens (including phenoxy) is 3. The lowest BCUT2D eigenvalue weighted by Crippen LogP contribution is -2.11. The first kappa shape index (κ1) is 14.2.